The minimum absolute atomic E-state index is 0.197. The van der Waals surface area contributed by atoms with Gasteiger partial charge in [0.05, 0.1) is 0 Å². The van der Waals surface area contributed by atoms with Crippen LogP contribution in [0.25, 0.3) is 0 Å². The predicted molar refractivity (Wildman–Crippen MR) is 58.2 cm³/mol. The Morgan fingerprint density at radius 2 is 2.00 bits per heavy atom. The lowest BCUT2D eigenvalue weighted by Crippen LogP contribution is -2.34. The first kappa shape index (κ1) is 10.6. The van der Waals surface area contributed by atoms with Gasteiger partial charge in [-0.1, -0.05) is 29.8 Å². The van der Waals surface area contributed by atoms with Gasteiger partial charge in [0, 0.05) is 10.6 Å². The number of rotatable bonds is 2. The number of halogens is 1. The van der Waals surface area contributed by atoms with Crippen molar-refractivity contribution < 1.29 is 0 Å². The molecule has 72 valence electrons. The van der Waals surface area contributed by atoms with E-state index in [-0.39, 0.29) is 5.54 Å². The average Bonchev–Trinajstić information content (AvgIpc) is 1.96. The number of benzene rings is 1. The van der Waals surface area contributed by atoms with Crippen molar-refractivity contribution in [2.24, 2.45) is 5.73 Å². The van der Waals surface area contributed by atoms with Crippen LogP contribution in [0.1, 0.15) is 25.0 Å². The molecule has 2 N–H and O–H groups in total. The monoisotopic (exact) mass is 197 g/mol. The van der Waals surface area contributed by atoms with Crippen LogP contribution in [-0.2, 0) is 6.42 Å². The van der Waals surface area contributed by atoms with Crippen molar-refractivity contribution in [2.45, 2.75) is 32.7 Å². The van der Waals surface area contributed by atoms with E-state index in [1.165, 1.54) is 0 Å². The standard InChI is InChI=1S/C11H16ClN/c1-8-5-4-6-9(10(8)12)7-11(2,3)13/h4-6H,7,13H2,1-3H3. The van der Waals surface area contributed by atoms with Crippen LogP contribution in [0, 0.1) is 6.92 Å². The van der Waals surface area contributed by atoms with Gasteiger partial charge in [-0.3, -0.25) is 0 Å². The van der Waals surface area contributed by atoms with Gasteiger partial charge in [-0.25, -0.2) is 0 Å². The third-order valence-corrected chi connectivity index (χ3v) is 2.46. The van der Waals surface area contributed by atoms with Crippen LogP contribution in [0.5, 0.6) is 0 Å². The number of hydrogen-bond acceptors (Lipinski definition) is 1. The quantitative estimate of drug-likeness (QED) is 0.775. The Hall–Kier alpha value is -0.530. The van der Waals surface area contributed by atoms with E-state index in [0.717, 1.165) is 22.6 Å². The lowest BCUT2D eigenvalue weighted by molar-refractivity contribution is 0.517. The summed E-state index contributed by atoms with van der Waals surface area (Å²) in [5.74, 6) is 0. The van der Waals surface area contributed by atoms with Crippen molar-refractivity contribution in [3.63, 3.8) is 0 Å². The highest BCUT2D eigenvalue weighted by Crippen LogP contribution is 2.23. The van der Waals surface area contributed by atoms with Crippen LogP contribution >= 0.6 is 11.6 Å². The van der Waals surface area contributed by atoms with Gasteiger partial charge in [-0.05, 0) is 38.3 Å². The first-order valence-electron chi connectivity index (χ1n) is 4.43. The SMILES string of the molecule is Cc1cccc(CC(C)(C)N)c1Cl. The highest BCUT2D eigenvalue weighted by atomic mass is 35.5. The first-order valence-corrected chi connectivity index (χ1v) is 4.81. The van der Waals surface area contributed by atoms with E-state index in [1.807, 2.05) is 39.0 Å². The lowest BCUT2D eigenvalue weighted by Gasteiger charge is -2.19. The fraction of sp³-hybridized carbons (Fsp3) is 0.455. The van der Waals surface area contributed by atoms with Gasteiger partial charge in [-0.15, -0.1) is 0 Å². The summed E-state index contributed by atoms with van der Waals surface area (Å²) in [5, 5.41) is 0.848. The molecular weight excluding hydrogens is 182 g/mol. The molecule has 0 aliphatic carbocycles. The first-order chi connectivity index (χ1) is 5.90. The van der Waals surface area contributed by atoms with Crippen LogP contribution in [0.4, 0.5) is 0 Å². The molecule has 13 heavy (non-hydrogen) atoms. The molecule has 1 nitrogen and oxygen atoms in total. The Morgan fingerprint density at radius 1 is 1.38 bits per heavy atom. The molecule has 0 unspecified atom stereocenters. The molecule has 0 aliphatic rings. The normalized spacial score (nSPS) is 11.8. The van der Waals surface area contributed by atoms with E-state index in [1.54, 1.807) is 0 Å². The summed E-state index contributed by atoms with van der Waals surface area (Å²) in [4.78, 5) is 0. The Morgan fingerprint density at radius 3 is 2.54 bits per heavy atom. The van der Waals surface area contributed by atoms with Crippen molar-refractivity contribution in [1.82, 2.24) is 0 Å². The molecule has 0 heterocycles. The van der Waals surface area contributed by atoms with E-state index in [0.29, 0.717) is 0 Å². The zero-order valence-corrected chi connectivity index (χ0v) is 9.15. The topological polar surface area (TPSA) is 26.0 Å². The molecule has 0 saturated carbocycles. The van der Waals surface area contributed by atoms with Crippen molar-refractivity contribution in [3.8, 4) is 0 Å². The lowest BCUT2D eigenvalue weighted by atomic mass is 9.95. The molecule has 0 bridgehead atoms. The van der Waals surface area contributed by atoms with E-state index in [9.17, 15) is 0 Å². The summed E-state index contributed by atoms with van der Waals surface area (Å²) >= 11 is 6.14. The summed E-state index contributed by atoms with van der Waals surface area (Å²) in [6.07, 6.45) is 0.813. The van der Waals surface area contributed by atoms with Crippen molar-refractivity contribution >= 4 is 11.6 Å². The second-order valence-corrected chi connectivity index (χ2v) is 4.59. The number of hydrogen-bond donors (Lipinski definition) is 1. The second kappa shape index (κ2) is 3.69. The molecule has 0 spiro atoms. The minimum Gasteiger partial charge on any atom is -0.325 e. The highest BCUT2D eigenvalue weighted by Gasteiger charge is 2.14. The fourth-order valence-corrected chi connectivity index (χ4v) is 1.53. The third kappa shape index (κ3) is 3.02. The molecule has 1 aromatic carbocycles. The predicted octanol–water partition coefficient (Wildman–Crippen LogP) is 2.93. The van der Waals surface area contributed by atoms with Gasteiger partial charge < -0.3 is 5.73 Å². The molecule has 0 aromatic heterocycles. The van der Waals surface area contributed by atoms with Crippen LogP contribution < -0.4 is 5.73 Å². The molecular formula is C11H16ClN. The van der Waals surface area contributed by atoms with Gasteiger partial charge in [-0.2, -0.15) is 0 Å². The molecule has 1 aromatic rings. The van der Waals surface area contributed by atoms with Crippen LogP contribution in [-0.4, -0.2) is 5.54 Å². The molecule has 2 heteroatoms. The second-order valence-electron chi connectivity index (χ2n) is 4.21. The van der Waals surface area contributed by atoms with Gasteiger partial charge in [0.1, 0.15) is 0 Å². The summed E-state index contributed by atoms with van der Waals surface area (Å²) in [6.45, 7) is 6.02. The van der Waals surface area contributed by atoms with Gasteiger partial charge in [0.2, 0.25) is 0 Å². The maximum atomic E-state index is 6.14. The van der Waals surface area contributed by atoms with E-state index in [4.69, 9.17) is 17.3 Å². The Balaban J connectivity index is 2.96. The molecule has 1 rings (SSSR count). The van der Waals surface area contributed by atoms with Crippen LogP contribution in [0.3, 0.4) is 0 Å². The van der Waals surface area contributed by atoms with E-state index in [2.05, 4.69) is 0 Å². The molecule has 0 atom stereocenters. The zero-order chi connectivity index (χ0) is 10.1. The fourth-order valence-electron chi connectivity index (χ4n) is 1.34. The summed E-state index contributed by atoms with van der Waals surface area (Å²) < 4.78 is 0. The minimum atomic E-state index is -0.197. The van der Waals surface area contributed by atoms with Gasteiger partial charge in [0.15, 0.2) is 0 Å². The van der Waals surface area contributed by atoms with Crippen molar-refractivity contribution in [3.05, 3.63) is 34.3 Å². The Kier molecular flexibility index (Phi) is 2.99. The summed E-state index contributed by atoms with van der Waals surface area (Å²) in [7, 11) is 0. The maximum Gasteiger partial charge on any atom is 0.0467 e. The number of nitrogens with two attached hydrogens (primary N) is 1. The summed E-state index contributed by atoms with van der Waals surface area (Å²) in [5.41, 5.74) is 7.98. The zero-order valence-electron chi connectivity index (χ0n) is 8.39. The van der Waals surface area contributed by atoms with Crippen molar-refractivity contribution in [1.29, 1.82) is 0 Å². The van der Waals surface area contributed by atoms with E-state index >= 15 is 0 Å². The molecule has 0 fully saturated rings. The van der Waals surface area contributed by atoms with Crippen LogP contribution in [0.2, 0.25) is 5.02 Å². The Labute approximate surface area is 84.9 Å². The maximum absolute atomic E-state index is 6.14. The van der Waals surface area contributed by atoms with Crippen LogP contribution in [0.15, 0.2) is 18.2 Å². The number of aryl methyl sites for hydroxylation is 1. The van der Waals surface area contributed by atoms with E-state index < -0.39 is 0 Å². The largest absolute Gasteiger partial charge is 0.325 e. The average molecular weight is 198 g/mol. The molecule has 0 aliphatic heterocycles. The van der Waals surface area contributed by atoms with Crippen molar-refractivity contribution in [2.75, 3.05) is 0 Å². The van der Waals surface area contributed by atoms with Gasteiger partial charge >= 0.3 is 0 Å². The molecule has 0 amide bonds. The van der Waals surface area contributed by atoms with Gasteiger partial charge in [0.25, 0.3) is 0 Å². The smallest absolute Gasteiger partial charge is 0.0467 e. The summed E-state index contributed by atoms with van der Waals surface area (Å²) in [6, 6.07) is 6.06. The highest BCUT2D eigenvalue weighted by molar-refractivity contribution is 6.32. The Bertz CT molecular complexity index is 299. The molecule has 0 radical (unpaired) electrons. The molecule has 0 saturated heterocycles. The third-order valence-electron chi connectivity index (χ3n) is 1.92.